The first-order chi connectivity index (χ1) is 9.60. The highest BCUT2D eigenvalue weighted by Crippen LogP contribution is 2.27. The lowest BCUT2D eigenvalue weighted by molar-refractivity contribution is -0.143. The monoisotopic (exact) mass is 293 g/mol. The molecule has 0 aliphatic heterocycles. The fourth-order valence-electron chi connectivity index (χ4n) is 1.81. The lowest BCUT2D eigenvalue weighted by Crippen LogP contribution is -2.05. The molecule has 1 aromatic carbocycles. The Kier molecular flexibility index (Phi) is 4.84. The SMILES string of the molecule is CCOC(=O)CCc1csc(-c2cc(C)ccc2F)n1. The van der Waals surface area contributed by atoms with Crippen LogP contribution in [0.1, 0.15) is 24.6 Å². The number of aromatic nitrogens is 1. The van der Waals surface area contributed by atoms with E-state index in [-0.39, 0.29) is 11.8 Å². The van der Waals surface area contributed by atoms with Gasteiger partial charge in [-0.1, -0.05) is 11.6 Å². The van der Waals surface area contributed by atoms with Gasteiger partial charge in [-0.25, -0.2) is 9.37 Å². The summed E-state index contributed by atoms with van der Waals surface area (Å²) in [6.07, 6.45) is 0.816. The molecule has 2 aromatic rings. The van der Waals surface area contributed by atoms with Crippen LogP contribution in [0.25, 0.3) is 10.6 Å². The number of halogens is 1. The lowest BCUT2D eigenvalue weighted by Gasteiger charge is -2.01. The van der Waals surface area contributed by atoms with Gasteiger partial charge in [-0.2, -0.15) is 0 Å². The molecule has 0 saturated carbocycles. The smallest absolute Gasteiger partial charge is 0.306 e. The molecule has 1 heterocycles. The van der Waals surface area contributed by atoms with E-state index in [1.165, 1.54) is 17.4 Å². The summed E-state index contributed by atoms with van der Waals surface area (Å²) in [5.41, 5.74) is 2.29. The summed E-state index contributed by atoms with van der Waals surface area (Å²) in [6, 6.07) is 4.96. The van der Waals surface area contributed by atoms with Crippen LogP contribution in [0.5, 0.6) is 0 Å². The Labute approximate surface area is 121 Å². The molecule has 3 nitrogen and oxygen atoms in total. The lowest BCUT2D eigenvalue weighted by atomic mass is 10.1. The summed E-state index contributed by atoms with van der Waals surface area (Å²) in [5, 5.41) is 2.50. The molecular weight excluding hydrogens is 277 g/mol. The molecule has 0 N–H and O–H groups in total. The van der Waals surface area contributed by atoms with Crippen molar-refractivity contribution < 1.29 is 13.9 Å². The zero-order valence-corrected chi connectivity index (χ0v) is 12.3. The second-order valence-electron chi connectivity index (χ2n) is 4.43. The normalized spacial score (nSPS) is 10.6. The van der Waals surface area contributed by atoms with Crippen LogP contribution in [0.3, 0.4) is 0 Å². The van der Waals surface area contributed by atoms with Crippen LogP contribution in [0.15, 0.2) is 23.6 Å². The minimum atomic E-state index is -0.276. The van der Waals surface area contributed by atoms with Crippen molar-refractivity contribution in [3.8, 4) is 10.6 Å². The van der Waals surface area contributed by atoms with E-state index in [0.29, 0.717) is 30.0 Å². The molecule has 0 aliphatic rings. The van der Waals surface area contributed by atoms with E-state index in [9.17, 15) is 9.18 Å². The molecule has 1 aromatic heterocycles. The van der Waals surface area contributed by atoms with Gasteiger partial charge in [0.15, 0.2) is 0 Å². The molecule has 0 spiro atoms. The summed E-state index contributed by atoms with van der Waals surface area (Å²) in [5.74, 6) is -0.509. The van der Waals surface area contributed by atoms with Crippen LogP contribution in [0.2, 0.25) is 0 Å². The fourth-order valence-corrected chi connectivity index (χ4v) is 2.68. The second-order valence-corrected chi connectivity index (χ2v) is 5.29. The van der Waals surface area contributed by atoms with Gasteiger partial charge in [0, 0.05) is 17.4 Å². The number of hydrogen-bond donors (Lipinski definition) is 0. The third-order valence-electron chi connectivity index (χ3n) is 2.79. The maximum atomic E-state index is 13.8. The van der Waals surface area contributed by atoms with Crippen LogP contribution in [0, 0.1) is 12.7 Å². The molecule has 0 atom stereocenters. The van der Waals surface area contributed by atoms with Gasteiger partial charge in [0.2, 0.25) is 0 Å². The van der Waals surface area contributed by atoms with Crippen LogP contribution in [-0.2, 0) is 16.0 Å². The molecule has 5 heteroatoms. The Morgan fingerprint density at radius 2 is 2.25 bits per heavy atom. The first kappa shape index (κ1) is 14.7. The predicted molar refractivity (Wildman–Crippen MR) is 77.2 cm³/mol. The molecule has 0 saturated heterocycles. The number of hydrogen-bond acceptors (Lipinski definition) is 4. The van der Waals surface area contributed by atoms with Crippen molar-refractivity contribution in [3.05, 3.63) is 40.7 Å². The van der Waals surface area contributed by atoms with Crippen molar-refractivity contribution in [1.29, 1.82) is 0 Å². The average Bonchev–Trinajstić information content (AvgIpc) is 2.88. The van der Waals surface area contributed by atoms with Gasteiger partial charge in [0.25, 0.3) is 0 Å². The third-order valence-corrected chi connectivity index (χ3v) is 3.72. The highest BCUT2D eigenvalue weighted by molar-refractivity contribution is 7.13. The summed E-state index contributed by atoms with van der Waals surface area (Å²) >= 11 is 1.39. The molecule has 106 valence electrons. The van der Waals surface area contributed by atoms with E-state index >= 15 is 0 Å². The summed E-state index contributed by atoms with van der Waals surface area (Å²) < 4.78 is 18.6. The minimum Gasteiger partial charge on any atom is -0.466 e. The van der Waals surface area contributed by atoms with Gasteiger partial charge < -0.3 is 4.74 Å². The number of thiazole rings is 1. The molecule has 0 fully saturated rings. The topological polar surface area (TPSA) is 39.2 Å². The molecule has 0 radical (unpaired) electrons. The molecule has 0 amide bonds. The van der Waals surface area contributed by atoms with Crippen LogP contribution in [0.4, 0.5) is 4.39 Å². The maximum absolute atomic E-state index is 13.8. The molecule has 0 bridgehead atoms. The molecule has 0 aliphatic carbocycles. The standard InChI is InChI=1S/C15H16FNO2S/c1-3-19-14(18)7-5-11-9-20-15(17-11)12-8-10(2)4-6-13(12)16/h4,6,8-9H,3,5,7H2,1-2H3. The van der Waals surface area contributed by atoms with Crippen molar-refractivity contribution in [1.82, 2.24) is 4.98 Å². The number of esters is 1. The van der Waals surface area contributed by atoms with Gasteiger partial charge in [0.05, 0.1) is 18.7 Å². The Hall–Kier alpha value is -1.75. The quantitative estimate of drug-likeness (QED) is 0.788. The van der Waals surface area contributed by atoms with Crippen molar-refractivity contribution in [2.24, 2.45) is 0 Å². The van der Waals surface area contributed by atoms with Crippen LogP contribution >= 0.6 is 11.3 Å². The molecule has 20 heavy (non-hydrogen) atoms. The third kappa shape index (κ3) is 3.63. The number of rotatable bonds is 5. The van der Waals surface area contributed by atoms with Gasteiger partial charge in [-0.3, -0.25) is 4.79 Å². The van der Waals surface area contributed by atoms with E-state index < -0.39 is 0 Å². The van der Waals surface area contributed by atoms with E-state index in [1.54, 1.807) is 19.1 Å². The van der Waals surface area contributed by atoms with E-state index in [0.717, 1.165) is 11.3 Å². The molecule has 0 unspecified atom stereocenters. The number of carbonyl (C=O) groups is 1. The van der Waals surface area contributed by atoms with E-state index in [4.69, 9.17) is 4.74 Å². The highest BCUT2D eigenvalue weighted by atomic mass is 32.1. The Morgan fingerprint density at radius 3 is 3.00 bits per heavy atom. The summed E-state index contributed by atoms with van der Waals surface area (Å²) in [6.45, 7) is 4.08. The molecular formula is C15H16FNO2S. The first-order valence-electron chi connectivity index (χ1n) is 6.46. The van der Waals surface area contributed by atoms with Gasteiger partial charge in [0.1, 0.15) is 10.8 Å². The summed E-state index contributed by atoms with van der Waals surface area (Å²) in [7, 11) is 0. The van der Waals surface area contributed by atoms with E-state index in [1.807, 2.05) is 12.3 Å². The number of ether oxygens (including phenoxy) is 1. The van der Waals surface area contributed by atoms with Crippen molar-refractivity contribution >= 4 is 17.3 Å². The zero-order chi connectivity index (χ0) is 14.5. The zero-order valence-electron chi connectivity index (χ0n) is 11.5. The van der Waals surface area contributed by atoms with Gasteiger partial charge in [-0.05, 0) is 26.0 Å². The number of nitrogens with zero attached hydrogens (tertiary/aromatic N) is 1. The summed E-state index contributed by atoms with van der Waals surface area (Å²) in [4.78, 5) is 15.7. The predicted octanol–water partition coefficient (Wildman–Crippen LogP) is 3.75. The minimum absolute atomic E-state index is 0.233. The van der Waals surface area contributed by atoms with Crippen molar-refractivity contribution in [2.45, 2.75) is 26.7 Å². The largest absolute Gasteiger partial charge is 0.466 e. The average molecular weight is 293 g/mol. The Morgan fingerprint density at radius 1 is 1.45 bits per heavy atom. The Bertz CT molecular complexity index is 610. The fraction of sp³-hybridized carbons (Fsp3) is 0.333. The van der Waals surface area contributed by atoms with Crippen LogP contribution in [-0.4, -0.2) is 17.6 Å². The highest BCUT2D eigenvalue weighted by Gasteiger charge is 2.11. The van der Waals surface area contributed by atoms with E-state index in [2.05, 4.69) is 4.98 Å². The number of carbonyl (C=O) groups excluding carboxylic acids is 1. The van der Waals surface area contributed by atoms with Crippen molar-refractivity contribution in [3.63, 3.8) is 0 Å². The number of aryl methyl sites for hydroxylation is 2. The first-order valence-corrected chi connectivity index (χ1v) is 7.34. The van der Waals surface area contributed by atoms with Crippen LogP contribution < -0.4 is 0 Å². The van der Waals surface area contributed by atoms with Gasteiger partial charge >= 0.3 is 5.97 Å². The maximum Gasteiger partial charge on any atom is 0.306 e. The van der Waals surface area contributed by atoms with Crippen molar-refractivity contribution in [2.75, 3.05) is 6.61 Å². The molecule has 2 rings (SSSR count). The number of benzene rings is 1. The second kappa shape index (κ2) is 6.61. The van der Waals surface area contributed by atoms with Gasteiger partial charge in [-0.15, -0.1) is 11.3 Å². The Balaban J connectivity index is 2.09.